The zero-order valence-electron chi connectivity index (χ0n) is 15.2. The predicted octanol–water partition coefficient (Wildman–Crippen LogP) is 0.563. The van der Waals surface area contributed by atoms with Crippen molar-refractivity contribution in [2.24, 2.45) is 23.5 Å². The van der Waals surface area contributed by atoms with E-state index >= 15 is 0 Å². The zero-order valence-corrected chi connectivity index (χ0v) is 15.2. The molecule has 2 heterocycles. The fourth-order valence-electron chi connectivity index (χ4n) is 5.67. The van der Waals surface area contributed by atoms with Gasteiger partial charge in [0.05, 0.1) is 6.54 Å². The van der Waals surface area contributed by atoms with E-state index in [1.165, 1.54) is 19.3 Å². The Morgan fingerprint density at radius 1 is 1.08 bits per heavy atom. The molecule has 3 atom stereocenters. The third kappa shape index (κ3) is 3.43. The molecule has 140 valence electrons. The Morgan fingerprint density at radius 2 is 1.84 bits per heavy atom. The van der Waals surface area contributed by atoms with E-state index in [-0.39, 0.29) is 17.9 Å². The average Bonchev–Trinajstić information content (AvgIpc) is 2.61. The number of amides is 2. The number of nitrogens with one attached hydrogen (secondary N) is 1. The van der Waals surface area contributed by atoms with Crippen molar-refractivity contribution >= 4 is 11.8 Å². The first kappa shape index (κ1) is 17.3. The number of likely N-dealkylation sites (tertiary alicyclic amines) is 1. The van der Waals surface area contributed by atoms with Gasteiger partial charge in [0.25, 0.3) is 0 Å². The normalized spacial score (nSPS) is 39.4. The van der Waals surface area contributed by atoms with Crippen LogP contribution in [-0.2, 0) is 9.59 Å². The number of carbonyl (C=O) groups is 2. The van der Waals surface area contributed by atoms with Gasteiger partial charge >= 0.3 is 0 Å². The standard InChI is InChI=1S/C19H32N4O2/c20-18-13-3-1-4-14(18)10-15(9-13)19(25)22-7-2-5-16(12-22)23-8-6-21-11-17(23)24/h13-16,18,21H,1-12,20H2. The smallest absolute Gasteiger partial charge is 0.236 e. The number of piperazine rings is 1. The molecule has 2 aliphatic heterocycles. The minimum absolute atomic E-state index is 0.160. The minimum atomic E-state index is 0.160. The number of hydrogen-bond donors (Lipinski definition) is 2. The molecule has 3 N–H and O–H groups in total. The molecule has 25 heavy (non-hydrogen) atoms. The van der Waals surface area contributed by atoms with Gasteiger partial charge in [-0.05, 0) is 50.4 Å². The van der Waals surface area contributed by atoms with Gasteiger partial charge in [-0.25, -0.2) is 0 Å². The lowest BCUT2D eigenvalue weighted by Gasteiger charge is -2.46. The molecule has 2 bridgehead atoms. The molecule has 4 aliphatic rings. The van der Waals surface area contributed by atoms with E-state index in [0.717, 1.165) is 51.9 Å². The minimum Gasteiger partial charge on any atom is -0.340 e. The van der Waals surface area contributed by atoms with Crippen LogP contribution in [0.4, 0.5) is 0 Å². The molecule has 2 saturated carbocycles. The summed E-state index contributed by atoms with van der Waals surface area (Å²) in [5.41, 5.74) is 6.38. The highest BCUT2D eigenvalue weighted by Gasteiger charge is 2.42. The SMILES string of the molecule is NC1C2CCCC1CC(C(=O)N1CCCC(N3CCNCC3=O)C1)C2. The fourth-order valence-corrected chi connectivity index (χ4v) is 5.67. The Morgan fingerprint density at radius 3 is 2.56 bits per heavy atom. The van der Waals surface area contributed by atoms with E-state index < -0.39 is 0 Å². The highest BCUT2D eigenvalue weighted by Crippen LogP contribution is 2.42. The van der Waals surface area contributed by atoms with Crippen molar-refractivity contribution in [3.05, 3.63) is 0 Å². The first-order valence-corrected chi connectivity index (χ1v) is 10.2. The van der Waals surface area contributed by atoms with Gasteiger partial charge in [0.2, 0.25) is 11.8 Å². The van der Waals surface area contributed by atoms with Gasteiger partial charge in [-0.2, -0.15) is 0 Å². The third-order valence-corrected chi connectivity index (χ3v) is 7.04. The molecule has 3 unspecified atom stereocenters. The molecule has 0 aromatic carbocycles. The topological polar surface area (TPSA) is 78.7 Å². The Balaban J connectivity index is 1.39. The maximum absolute atomic E-state index is 13.2. The summed E-state index contributed by atoms with van der Waals surface area (Å²) < 4.78 is 0. The summed E-state index contributed by atoms with van der Waals surface area (Å²) in [5, 5.41) is 3.13. The van der Waals surface area contributed by atoms with Crippen molar-refractivity contribution in [1.29, 1.82) is 0 Å². The summed E-state index contributed by atoms with van der Waals surface area (Å²) in [5.74, 6) is 1.75. The highest BCUT2D eigenvalue weighted by atomic mass is 16.2. The summed E-state index contributed by atoms with van der Waals surface area (Å²) in [7, 11) is 0. The molecule has 0 aromatic heterocycles. The molecule has 2 amide bonds. The van der Waals surface area contributed by atoms with Crippen molar-refractivity contribution in [2.45, 2.75) is 57.0 Å². The summed E-state index contributed by atoms with van der Waals surface area (Å²) in [6.45, 7) is 3.65. The van der Waals surface area contributed by atoms with Crippen LogP contribution in [0.2, 0.25) is 0 Å². The number of carbonyl (C=O) groups excluding carboxylic acids is 2. The molecular weight excluding hydrogens is 316 g/mol. The number of rotatable bonds is 2. The van der Waals surface area contributed by atoms with Crippen molar-refractivity contribution in [1.82, 2.24) is 15.1 Å². The monoisotopic (exact) mass is 348 g/mol. The molecule has 0 radical (unpaired) electrons. The van der Waals surface area contributed by atoms with Crippen LogP contribution in [-0.4, -0.2) is 66.4 Å². The first-order chi connectivity index (χ1) is 12.1. The van der Waals surface area contributed by atoms with Gasteiger partial charge in [0.15, 0.2) is 0 Å². The number of hydrogen-bond acceptors (Lipinski definition) is 4. The molecule has 2 saturated heterocycles. The molecule has 6 nitrogen and oxygen atoms in total. The fraction of sp³-hybridized carbons (Fsp3) is 0.895. The summed E-state index contributed by atoms with van der Waals surface area (Å²) in [6, 6.07) is 0.517. The lowest BCUT2D eigenvalue weighted by atomic mass is 9.65. The van der Waals surface area contributed by atoms with E-state index in [1.807, 2.05) is 4.90 Å². The Hall–Kier alpha value is -1.14. The Bertz CT molecular complexity index is 512. The van der Waals surface area contributed by atoms with Crippen LogP contribution in [0.1, 0.15) is 44.9 Å². The van der Waals surface area contributed by atoms with Crippen LogP contribution >= 0.6 is 0 Å². The van der Waals surface area contributed by atoms with Gasteiger partial charge in [-0.1, -0.05) is 6.42 Å². The van der Waals surface area contributed by atoms with Gasteiger partial charge in [-0.15, -0.1) is 0 Å². The quantitative estimate of drug-likeness (QED) is 0.764. The molecule has 0 spiro atoms. The lowest BCUT2D eigenvalue weighted by molar-refractivity contribution is -0.144. The van der Waals surface area contributed by atoms with E-state index in [2.05, 4.69) is 10.2 Å². The molecule has 2 aliphatic carbocycles. The van der Waals surface area contributed by atoms with Crippen LogP contribution in [0.15, 0.2) is 0 Å². The largest absolute Gasteiger partial charge is 0.340 e. The second-order valence-corrected chi connectivity index (χ2v) is 8.54. The van der Waals surface area contributed by atoms with Gasteiger partial charge < -0.3 is 20.9 Å². The maximum atomic E-state index is 13.2. The molecular formula is C19H32N4O2. The van der Waals surface area contributed by atoms with E-state index in [4.69, 9.17) is 5.73 Å². The Labute approximate surface area is 150 Å². The van der Waals surface area contributed by atoms with Gasteiger partial charge in [0, 0.05) is 44.2 Å². The first-order valence-electron chi connectivity index (χ1n) is 10.2. The van der Waals surface area contributed by atoms with Crippen molar-refractivity contribution in [3.8, 4) is 0 Å². The van der Waals surface area contributed by atoms with Crippen molar-refractivity contribution in [2.75, 3.05) is 32.7 Å². The second kappa shape index (κ2) is 7.23. The molecule has 6 heteroatoms. The van der Waals surface area contributed by atoms with E-state index in [0.29, 0.717) is 30.3 Å². The number of nitrogens with two attached hydrogens (primary N) is 1. The predicted molar refractivity (Wildman–Crippen MR) is 95.7 cm³/mol. The summed E-state index contributed by atoms with van der Waals surface area (Å²) >= 11 is 0. The maximum Gasteiger partial charge on any atom is 0.236 e. The van der Waals surface area contributed by atoms with Crippen molar-refractivity contribution < 1.29 is 9.59 Å². The van der Waals surface area contributed by atoms with Crippen LogP contribution in [0.25, 0.3) is 0 Å². The van der Waals surface area contributed by atoms with Crippen molar-refractivity contribution in [3.63, 3.8) is 0 Å². The molecule has 4 fully saturated rings. The Kier molecular flexibility index (Phi) is 5.00. The lowest BCUT2D eigenvalue weighted by Crippen LogP contribution is -2.58. The van der Waals surface area contributed by atoms with Gasteiger partial charge in [-0.3, -0.25) is 9.59 Å². The zero-order chi connectivity index (χ0) is 17.4. The van der Waals surface area contributed by atoms with Crippen LogP contribution in [0.3, 0.4) is 0 Å². The molecule has 0 aromatic rings. The van der Waals surface area contributed by atoms with E-state index in [9.17, 15) is 9.59 Å². The average molecular weight is 348 g/mol. The van der Waals surface area contributed by atoms with Crippen LogP contribution in [0, 0.1) is 17.8 Å². The number of nitrogens with zero attached hydrogens (tertiary/aromatic N) is 2. The second-order valence-electron chi connectivity index (χ2n) is 8.54. The van der Waals surface area contributed by atoms with E-state index in [1.54, 1.807) is 0 Å². The van der Waals surface area contributed by atoms with Crippen LogP contribution in [0.5, 0.6) is 0 Å². The third-order valence-electron chi connectivity index (χ3n) is 7.04. The summed E-state index contributed by atoms with van der Waals surface area (Å²) in [4.78, 5) is 29.4. The molecule has 4 rings (SSSR count). The summed E-state index contributed by atoms with van der Waals surface area (Å²) in [6.07, 6.45) is 7.65. The number of piperidine rings is 1. The number of fused-ring (bicyclic) bond motifs is 2. The van der Waals surface area contributed by atoms with Crippen LogP contribution < -0.4 is 11.1 Å². The highest BCUT2D eigenvalue weighted by molar-refractivity contribution is 5.80. The van der Waals surface area contributed by atoms with Gasteiger partial charge in [0.1, 0.15) is 0 Å².